The second kappa shape index (κ2) is 35.8. The lowest BCUT2D eigenvalue weighted by Crippen LogP contribution is -2.90. The molecule has 0 bridgehead atoms. The molecule has 0 fully saturated rings. The smallest absolute Gasteiger partial charge is 0.381 e. The number of hydrogen-bond donors (Lipinski definition) is 0. The monoisotopic (exact) mass is 1170 g/mol. The Labute approximate surface area is 443 Å². The van der Waals surface area contributed by atoms with Gasteiger partial charge in [-0.3, -0.25) is 0 Å². The van der Waals surface area contributed by atoms with E-state index in [-0.39, 0.29) is 57.4 Å². The van der Waals surface area contributed by atoms with Crippen molar-refractivity contribution >= 4 is 56.1 Å². The molecule has 0 aliphatic rings. The Morgan fingerprint density at radius 3 is 0.892 bits per heavy atom. The summed E-state index contributed by atoms with van der Waals surface area (Å²) >= 11 is 0. The topological polar surface area (TPSA) is 210 Å². The van der Waals surface area contributed by atoms with E-state index in [1.54, 1.807) is 0 Å². The summed E-state index contributed by atoms with van der Waals surface area (Å²) in [7, 11) is -32.2. The number of esters is 1. The molecule has 0 rings (SSSR count). The third kappa shape index (κ3) is 20.6. The molecule has 0 aromatic carbocycles. The van der Waals surface area contributed by atoms with E-state index >= 15 is 22.4 Å². The molecule has 17 nitrogen and oxygen atoms in total. The maximum absolute atomic E-state index is 19.4. The predicted molar refractivity (Wildman–Crippen MR) is 281 cm³/mol. The van der Waals surface area contributed by atoms with Crippen molar-refractivity contribution in [3.05, 3.63) is 12.7 Å². The van der Waals surface area contributed by atoms with Gasteiger partial charge in [0.05, 0.1) is 27.5 Å². The largest absolute Gasteiger partial charge is 0.458 e. The molecule has 0 spiro atoms. The van der Waals surface area contributed by atoms with Gasteiger partial charge in [0.2, 0.25) is 40.1 Å². The van der Waals surface area contributed by atoms with Crippen LogP contribution in [0, 0.1) is 0 Å². The van der Waals surface area contributed by atoms with Gasteiger partial charge in [0.25, 0.3) is 0 Å². The number of unbranched alkanes of at least 4 members (excludes halogenated alkanes) is 25. The number of quaternary nitrogens is 1. The molecule has 0 saturated carbocycles. The summed E-state index contributed by atoms with van der Waals surface area (Å²) in [5.74, 6) is -22.8. The van der Waals surface area contributed by atoms with E-state index in [2.05, 4.69) is 6.58 Å². The lowest BCUT2D eigenvalue weighted by molar-refractivity contribution is -1.04. The number of carbonyl (C=O) groups excluding carboxylic acids is 1. The molecule has 0 amide bonds. The summed E-state index contributed by atoms with van der Waals surface area (Å²) in [4.78, 5) is 13.9. The Balaban J connectivity index is 9.67. The van der Waals surface area contributed by atoms with Crippen molar-refractivity contribution in [3.8, 4) is 0 Å². The Kier molecular flexibility index (Phi) is 35.1. The molecule has 0 aliphatic carbocycles. The van der Waals surface area contributed by atoms with Crippen molar-refractivity contribution in [1.29, 1.82) is 0 Å². The minimum absolute atomic E-state index is 0.0468. The molecule has 0 radical (unpaired) electrons. The number of halogens is 5. The summed E-state index contributed by atoms with van der Waals surface area (Å²) < 4.78 is 233. The highest BCUT2D eigenvalue weighted by atomic mass is 32.2. The Morgan fingerprint density at radius 1 is 0.419 bits per heavy atom. The van der Waals surface area contributed by atoms with E-state index in [1.165, 1.54) is 0 Å². The molecule has 0 aromatic rings. The van der Waals surface area contributed by atoms with Crippen LogP contribution in [0.5, 0.6) is 0 Å². The van der Waals surface area contributed by atoms with E-state index in [0.29, 0.717) is 103 Å². The number of ether oxygens (including phenoxy) is 1. The zero-order chi connectivity index (χ0) is 56.8. The van der Waals surface area contributed by atoms with Gasteiger partial charge in [-0.25, -0.2) is 38.5 Å². The van der Waals surface area contributed by atoms with Gasteiger partial charge in [-0.2, -0.15) is 8.42 Å². The number of sulfonamides is 5. The van der Waals surface area contributed by atoms with Crippen LogP contribution in [0.1, 0.15) is 234 Å². The van der Waals surface area contributed by atoms with Crippen LogP contribution in [0.25, 0.3) is 0 Å². The van der Waals surface area contributed by atoms with Crippen LogP contribution in [-0.4, -0.2) is 117 Å². The SMILES string of the molecule is C=CC(=O)OC(N(F)S(=O)(=O)CCCCCCCC)(C(N(F)S(=O)(=O)CCCCCCCC)(N(F)S(=O)(=O)CCCCCCCC)N(F)S(=O)(=O)CCCCCCCC)[N+](F)(CC)S(=O)(=O)CCCCCCCC. The van der Waals surface area contributed by atoms with Crippen molar-refractivity contribution in [2.45, 2.75) is 246 Å². The third-order valence-electron chi connectivity index (χ3n) is 12.9. The van der Waals surface area contributed by atoms with Crippen LogP contribution >= 0.6 is 0 Å². The lowest BCUT2D eigenvalue weighted by atomic mass is 10.1. The van der Waals surface area contributed by atoms with Crippen LogP contribution in [0.3, 0.4) is 0 Å². The van der Waals surface area contributed by atoms with Gasteiger partial charge in [0.1, 0.15) is 12.3 Å². The second-order valence-electron chi connectivity index (χ2n) is 19.1. The first-order chi connectivity index (χ1) is 34.7. The molecule has 0 aliphatic heterocycles. The summed E-state index contributed by atoms with van der Waals surface area (Å²) in [5, 5.41) is 0. The van der Waals surface area contributed by atoms with Gasteiger partial charge in [-0.15, -0.1) is 17.9 Å². The average molecular weight is 1180 g/mol. The summed E-state index contributed by atoms with van der Waals surface area (Å²) in [6.07, 6.45) is 7.39. The maximum Gasteiger partial charge on any atom is 0.458 e. The average Bonchev–Trinajstić information content (AvgIpc) is 3.35. The van der Waals surface area contributed by atoms with Gasteiger partial charge in [-0.1, -0.05) is 202 Å². The number of likely N-dealkylation sites (N-methyl/N-ethyl adjacent to an activating group) is 1. The van der Waals surface area contributed by atoms with Crippen molar-refractivity contribution < 1.29 is 78.1 Å². The molecule has 2 atom stereocenters. The first kappa shape index (κ1) is 72.4. The molecule has 0 saturated heterocycles. The zero-order valence-corrected chi connectivity index (χ0v) is 49.4. The molecule has 442 valence electrons. The van der Waals surface area contributed by atoms with Crippen LogP contribution < -0.4 is 0 Å². The van der Waals surface area contributed by atoms with E-state index in [4.69, 9.17) is 4.74 Å². The summed E-state index contributed by atoms with van der Waals surface area (Å²) in [5.41, 5.74) is 0. The Hall–Kier alpha value is -1.59. The fourth-order valence-electron chi connectivity index (χ4n) is 8.50. The van der Waals surface area contributed by atoms with Crippen molar-refractivity contribution in [1.82, 2.24) is 18.1 Å². The molecule has 27 heteroatoms. The van der Waals surface area contributed by atoms with Crippen molar-refractivity contribution in [2.75, 3.05) is 35.3 Å². The fourth-order valence-corrected chi connectivity index (χ4v) is 16.1. The molecule has 2 unspecified atom stereocenters. The van der Waals surface area contributed by atoms with Crippen molar-refractivity contribution in [3.63, 3.8) is 0 Å². The lowest BCUT2D eigenvalue weighted by Gasteiger charge is -2.53. The second-order valence-corrected chi connectivity index (χ2v) is 28.8. The number of hydrogen-bond acceptors (Lipinski definition) is 12. The normalized spacial score (nSPS) is 15.0. The van der Waals surface area contributed by atoms with Gasteiger partial charge >= 0.3 is 27.6 Å². The highest BCUT2D eigenvalue weighted by Crippen LogP contribution is 2.55. The zero-order valence-electron chi connectivity index (χ0n) is 45.3. The van der Waals surface area contributed by atoms with Gasteiger partial charge in [0.15, 0.2) is 0 Å². The van der Waals surface area contributed by atoms with Gasteiger partial charge in [-0.05, 0) is 39.0 Å². The Bertz CT molecular complexity index is 2040. The van der Waals surface area contributed by atoms with E-state index < -0.39 is 157 Å². The van der Waals surface area contributed by atoms with E-state index in [9.17, 15) is 46.9 Å². The van der Waals surface area contributed by atoms with Crippen LogP contribution in [0.2, 0.25) is 0 Å². The van der Waals surface area contributed by atoms with E-state index in [0.717, 1.165) is 12.8 Å². The van der Waals surface area contributed by atoms with Crippen molar-refractivity contribution in [2.24, 2.45) is 0 Å². The quantitative estimate of drug-likeness (QED) is 0.0139. The number of nitrogens with zero attached hydrogens (tertiary/aromatic N) is 5. The fraction of sp³-hybridized carbons (Fsp3) is 0.936. The third-order valence-corrected chi connectivity index (χ3v) is 21.3. The number of rotatable bonds is 49. The molecular weight excluding hydrogens is 1080 g/mol. The predicted octanol–water partition coefficient (Wildman–Crippen LogP) is 11.9. The summed E-state index contributed by atoms with van der Waals surface area (Å²) in [6.45, 7) is 10.8. The Morgan fingerprint density at radius 2 is 0.649 bits per heavy atom. The summed E-state index contributed by atoms with van der Waals surface area (Å²) in [6, 6.07) is 0. The van der Waals surface area contributed by atoms with Crippen LogP contribution in [-0.2, 0) is 59.6 Å². The molecule has 0 N–H and O–H groups in total. The first-order valence-electron chi connectivity index (χ1n) is 27.1. The standard InChI is InChI=1S/C47H93F5N5O12S5/c1-8-15-20-25-30-35-40-70(59,60)53(48)46(54(49)71(61,62)41-36-31-26-21-16-9-2,55(50)72(63,64)42-37-32-27-22-17-10-3)47(69-45(58)13-6,56(51)73(65,66)43-38-33-28-23-18-11-4)57(52,14-7)74(67,68)44-39-34-29-24-19-12-5/h13H,6,8-12,14-44H2,1-5,7H3/q+1. The highest BCUT2D eigenvalue weighted by Gasteiger charge is 2.92. The molecule has 74 heavy (non-hydrogen) atoms. The minimum Gasteiger partial charge on any atom is -0.381 e. The number of carbonyl (C=O) groups is 1. The molecule has 0 heterocycles. The van der Waals surface area contributed by atoms with Gasteiger partial charge in [0, 0.05) is 28.2 Å². The molecular formula is C47H93F5N5O12S5+. The van der Waals surface area contributed by atoms with Gasteiger partial charge < -0.3 is 4.74 Å². The van der Waals surface area contributed by atoms with E-state index in [1.807, 2.05) is 34.6 Å². The van der Waals surface area contributed by atoms with Crippen LogP contribution in [0.4, 0.5) is 22.4 Å². The maximum atomic E-state index is 19.4. The minimum atomic E-state index is -6.47. The highest BCUT2D eigenvalue weighted by molar-refractivity contribution is 7.91. The van der Waals surface area contributed by atoms with Crippen LogP contribution in [0.15, 0.2) is 12.7 Å². The molecule has 0 aromatic heterocycles. The first-order valence-corrected chi connectivity index (χ1v) is 35.2.